The molecule has 0 aliphatic rings. The second-order valence-electron chi connectivity index (χ2n) is 6.07. The Labute approximate surface area is 144 Å². The van der Waals surface area contributed by atoms with Crippen molar-refractivity contribution in [1.29, 1.82) is 0 Å². The van der Waals surface area contributed by atoms with Gasteiger partial charge in [-0.1, -0.05) is 48.9 Å². The van der Waals surface area contributed by atoms with E-state index in [-0.39, 0.29) is 17.9 Å². The van der Waals surface area contributed by atoms with E-state index in [2.05, 4.69) is 0 Å². The van der Waals surface area contributed by atoms with Crippen molar-refractivity contribution in [2.24, 2.45) is 5.92 Å². The summed E-state index contributed by atoms with van der Waals surface area (Å²) in [6.07, 6.45) is -3.95. The summed E-state index contributed by atoms with van der Waals surface area (Å²) in [6, 6.07) is 10.6. The minimum Gasteiger partial charge on any atom is -0.294 e. The highest BCUT2D eigenvalue weighted by molar-refractivity contribution is 6.31. The highest BCUT2D eigenvalue weighted by Gasteiger charge is 2.34. The molecule has 2 aromatic rings. The molecular formula is C19H18ClF3O. The van der Waals surface area contributed by atoms with Crippen LogP contribution in [-0.2, 0) is 12.6 Å². The first kappa shape index (κ1) is 18.5. The second kappa shape index (κ2) is 7.39. The Balaban J connectivity index is 2.12. The molecule has 0 spiro atoms. The molecule has 0 saturated carbocycles. The van der Waals surface area contributed by atoms with Crippen molar-refractivity contribution in [3.05, 3.63) is 69.7 Å². The molecule has 0 saturated heterocycles. The Morgan fingerprint density at radius 1 is 1.17 bits per heavy atom. The van der Waals surface area contributed by atoms with Crippen molar-refractivity contribution in [3.63, 3.8) is 0 Å². The van der Waals surface area contributed by atoms with E-state index >= 15 is 0 Å². The molecule has 0 amide bonds. The third kappa shape index (κ3) is 4.60. The number of carbonyl (C=O) groups is 1. The average molecular weight is 355 g/mol. The van der Waals surface area contributed by atoms with Crippen molar-refractivity contribution in [1.82, 2.24) is 0 Å². The lowest BCUT2D eigenvalue weighted by Crippen LogP contribution is -2.15. The van der Waals surface area contributed by atoms with Gasteiger partial charge in [0.2, 0.25) is 0 Å². The van der Waals surface area contributed by atoms with Gasteiger partial charge in [-0.25, -0.2) is 0 Å². The van der Waals surface area contributed by atoms with Crippen LogP contribution in [-0.4, -0.2) is 5.78 Å². The van der Waals surface area contributed by atoms with Gasteiger partial charge in [0.25, 0.3) is 0 Å². The van der Waals surface area contributed by atoms with Crippen LogP contribution in [0.1, 0.15) is 40.4 Å². The summed E-state index contributed by atoms with van der Waals surface area (Å²) in [4.78, 5) is 12.3. The van der Waals surface area contributed by atoms with Gasteiger partial charge in [0.05, 0.1) is 5.56 Å². The molecule has 0 aliphatic heterocycles. The van der Waals surface area contributed by atoms with Crippen LogP contribution in [0.25, 0.3) is 0 Å². The number of Topliss-reactive ketones (excluding diaryl/α,β-unsaturated/α-hetero) is 1. The molecule has 0 aliphatic carbocycles. The molecule has 128 valence electrons. The maximum atomic E-state index is 13.0. The number of aryl methyl sites for hydroxylation is 1. The van der Waals surface area contributed by atoms with Gasteiger partial charge < -0.3 is 0 Å². The minimum absolute atomic E-state index is 0.0390. The van der Waals surface area contributed by atoms with Gasteiger partial charge >= 0.3 is 6.18 Å². The Morgan fingerprint density at radius 3 is 2.46 bits per heavy atom. The fraction of sp³-hybridized carbons (Fsp3) is 0.316. The maximum Gasteiger partial charge on any atom is 0.417 e. The largest absolute Gasteiger partial charge is 0.417 e. The minimum atomic E-state index is -4.53. The summed E-state index contributed by atoms with van der Waals surface area (Å²) in [5, 5.41) is 0.616. The Kier molecular flexibility index (Phi) is 5.70. The van der Waals surface area contributed by atoms with E-state index in [1.807, 2.05) is 32.0 Å². The molecule has 0 radical (unpaired) electrons. The summed E-state index contributed by atoms with van der Waals surface area (Å²) in [5.41, 5.74) is 0.778. The zero-order valence-corrected chi connectivity index (χ0v) is 14.2. The first-order valence-corrected chi connectivity index (χ1v) is 8.00. The lowest BCUT2D eigenvalue weighted by molar-refractivity contribution is -0.137. The van der Waals surface area contributed by atoms with Crippen LogP contribution in [0.5, 0.6) is 0 Å². The van der Waals surface area contributed by atoms with E-state index in [1.165, 1.54) is 18.2 Å². The average Bonchev–Trinajstić information content (AvgIpc) is 2.49. The number of hydrogen-bond donors (Lipinski definition) is 0. The molecule has 2 rings (SSSR count). The molecule has 0 fully saturated rings. The predicted octanol–water partition coefficient (Wildman–Crippen LogP) is 6.12. The number of benzene rings is 2. The van der Waals surface area contributed by atoms with Crippen LogP contribution >= 0.6 is 11.6 Å². The fourth-order valence-electron chi connectivity index (χ4n) is 2.67. The van der Waals surface area contributed by atoms with Crippen LogP contribution in [0.3, 0.4) is 0 Å². The smallest absolute Gasteiger partial charge is 0.294 e. The van der Waals surface area contributed by atoms with Crippen LogP contribution in [0.15, 0.2) is 42.5 Å². The van der Waals surface area contributed by atoms with Gasteiger partial charge in [0.1, 0.15) is 0 Å². The monoisotopic (exact) mass is 354 g/mol. The van der Waals surface area contributed by atoms with E-state index in [0.717, 1.165) is 17.2 Å². The molecule has 24 heavy (non-hydrogen) atoms. The van der Waals surface area contributed by atoms with Gasteiger partial charge in [0.15, 0.2) is 5.78 Å². The summed E-state index contributed by atoms with van der Waals surface area (Å²) in [5.74, 6) is -0.613. The molecular weight excluding hydrogens is 337 g/mol. The number of hydrogen-bond acceptors (Lipinski definition) is 1. The Bertz CT molecular complexity index is 738. The summed E-state index contributed by atoms with van der Waals surface area (Å²) in [7, 11) is 0. The van der Waals surface area contributed by atoms with Crippen molar-refractivity contribution < 1.29 is 18.0 Å². The van der Waals surface area contributed by atoms with E-state index in [4.69, 9.17) is 11.6 Å². The van der Waals surface area contributed by atoms with Gasteiger partial charge in [0, 0.05) is 17.0 Å². The van der Waals surface area contributed by atoms with E-state index in [0.29, 0.717) is 11.4 Å². The van der Waals surface area contributed by atoms with Gasteiger partial charge in [-0.15, -0.1) is 0 Å². The molecule has 0 bridgehead atoms. The summed E-state index contributed by atoms with van der Waals surface area (Å²) >= 11 is 6.18. The Morgan fingerprint density at radius 2 is 1.83 bits per heavy atom. The molecule has 1 atom stereocenters. The van der Waals surface area contributed by atoms with Crippen molar-refractivity contribution in [3.8, 4) is 0 Å². The van der Waals surface area contributed by atoms with E-state index < -0.39 is 17.5 Å². The van der Waals surface area contributed by atoms with Crippen LogP contribution < -0.4 is 0 Å². The zero-order valence-electron chi connectivity index (χ0n) is 13.5. The molecule has 2 aromatic carbocycles. The summed E-state index contributed by atoms with van der Waals surface area (Å²) < 4.78 is 39.0. The van der Waals surface area contributed by atoms with E-state index in [9.17, 15) is 18.0 Å². The number of rotatable bonds is 5. The third-order valence-electron chi connectivity index (χ3n) is 3.84. The standard InChI is InChI=1S/C19H18ClF3O/c1-12-7-8-14(17(20)10-12)9-13(2)11-18(24)15-5-3-4-6-16(15)19(21,22)23/h3-8,10,13H,9,11H2,1-2H3. The van der Waals surface area contributed by atoms with Crippen molar-refractivity contribution >= 4 is 17.4 Å². The highest BCUT2D eigenvalue weighted by Crippen LogP contribution is 2.33. The molecule has 0 heterocycles. The third-order valence-corrected chi connectivity index (χ3v) is 4.20. The normalized spacial score (nSPS) is 12.9. The van der Waals surface area contributed by atoms with E-state index in [1.54, 1.807) is 0 Å². The van der Waals surface area contributed by atoms with Gasteiger partial charge in [-0.2, -0.15) is 13.2 Å². The first-order chi connectivity index (χ1) is 11.2. The number of carbonyl (C=O) groups excluding carboxylic acids is 1. The molecule has 0 N–H and O–H groups in total. The van der Waals surface area contributed by atoms with Crippen molar-refractivity contribution in [2.45, 2.75) is 32.9 Å². The van der Waals surface area contributed by atoms with Gasteiger partial charge in [-0.3, -0.25) is 4.79 Å². The van der Waals surface area contributed by atoms with Crippen LogP contribution in [0, 0.1) is 12.8 Å². The topological polar surface area (TPSA) is 17.1 Å². The second-order valence-corrected chi connectivity index (χ2v) is 6.48. The van der Waals surface area contributed by atoms with Crippen molar-refractivity contribution in [2.75, 3.05) is 0 Å². The number of alkyl halides is 3. The molecule has 5 heteroatoms. The maximum absolute atomic E-state index is 13.0. The van der Waals surface area contributed by atoms with Gasteiger partial charge in [-0.05, 0) is 42.5 Å². The molecule has 0 aromatic heterocycles. The number of ketones is 1. The zero-order chi connectivity index (χ0) is 17.9. The first-order valence-electron chi connectivity index (χ1n) is 7.63. The Hall–Kier alpha value is -1.81. The predicted molar refractivity (Wildman–Crippen MR) is 89.4 cm³/mol. The SMILES string of the molecule is Cc1ccc(CC(C)CC(=O)c2ccccc2C(F)(F)F)c(Cl)c1. The molecule has 1 unspecified atom stereocenters. The molecule has 1 nitrogen and oxygen atoms in total. The lowest BCUT2D eigenvalue weighted by Gasteiger charge is -2.15. The van der Waals surface area contributed by atoms with Crippen LogP contribution in [0.4, 0.5) is 13.2 Å². The van der Waals surface area contributed by atoms with Crippen LogP contribution in [0.2, 0.25) is 5.02 Å². The lowest BCUT2D eigenvalue weighted by atomic mass is 9.91. The summed E-state index contributed by atoms with van der Waals surface area (Å²) in [6.45, 7) is 3.76. The highest BCUT2D eigenvalue weighted by atomic mass is 35.5. The number of halogens is 4. The fourth-order valence-corrected chi connectivity index (χ4v) is 2.98. The quantitative estimate of drug-likeness (QED) is 0.591.